The summed E-state index contributed by atoms with van der Waals surface area (Å²) in [7, 11) is 0. The molecule has 0 radical (unpaired) electrons. The number of anilines is 3. The molecular formula is C17H22N4. The molecular weight excluding hydrogens is 260 g/mol. The van der Waals surface area contributed by atoms with Crippen LogP contribution in [0, 0.1) is 0 Å². The van der Waals surface area contributed by atoms with Crippen molar-refractivity contribution in [2.75, 3.05) is 23.3 Å². The van der Waals surface area contributed by atoms with E-state index in [9.17, 15) is 0 Å². The number of aromatic nitrogens is 2. The van der Waals surface area contributed by atoms with Gasteiger partial charge in [-0.3, -0.25) is 0 Å². The molecule has 4 heteroatoms. The van der Waals surface area contributed by atoms with E-state index in [0.29, 0.717) is 0 Å². The molecule has 0 unspecified atom stereocenters. The monoisotopic (exact) mass is 282 g/mol. The van der Waals surface area contributed by atoms with Crippen LogP contribution in [0.3, 0.4) is 0 Å². The Morgan fingerprint density at radius 2 is 2.05 bits per heavy atom. The number of rotatable bonds is 5. The standard InChI is InChI=1S/C17H22N4/c1-3-10-18-16-12-17(20-15(4-2)19-16)21-11-9-13-7-5-6-8-14(13)21/h5-8,12H,3-4,9-11H2,1-2H3,(H,18,19,20). The second kappa shape index (κ2) is 6.12. The largest absolute Gasteiger partial charge is 0.370 e. The van der Waals surface area contributed by atoms with Crippen molar-refractivity contribution in [3.05, 3.63) is 41.7 Å². The molecule has 3 rings (SSSR count). The van der Waals surface area contributed by atoms with E-state index in [-0.39, 0.29) is 0 Å². The Balaban J connectivity index is 1.95. The maximum atomic E-state index is 4.72. The van der Waals surface area contributed by atoms with Crippen LogP contribution in [0.4, 0.5) is 17.3 Å². The van der Waals surface area contributed by atoms with E-state index in [1.807, 2.05) is 0 Å². The Morgan fingerprint density at radius 1 is 1.19 bits per heavy atom. The first-order valence-electron chi connectivity index (χ1n) is 7.79. The molecule has 0 amide bonds. The zero-order valence-electron chi connectivity index (χ0n) is 12.8. The van der Waals surface area contributed by atoms with Crippen molar-refractivity contribution in [3.8, 4) is 0 Å². The third-order valence-electron chi connectivity index (χ3n) is 3.79. The minimum atomic E-state index is 0.851. The van der Waals surface area contributed by atoms with Crippen molar-refractivity contribution >= 4 is 17.3 Å². The lowest BCUT2D eigenvalue weighted by molar-refractivity contribution is 0.892. The Bertz CT molecular complexity index is 624. The number of hydrogen-bond donors (Lipinski definition) is 1. The molecule has 1 aliphatic rings. The highest BCUT2D eigenvalue weighted by molar-refractivity contribution is 5.68. The van der Waals surface area contributed by atoms with Gasteiger partial charge < -0.3 is 10.2 Å². The molecule has 0 fully saturated rings. The van der Waals surface area contributed by atoms with E-state index in [1.54, 1.807) is 0 Å². The number of benzene rings is 1. The van der Waals surface area contributed by atoms with Crippen LogP contribution in [0.25, 0.3) is 0 Å². The van der Waals surface area contributed by atoms with Gasteiger partial charge in [-0.05, 0) is 24.5 Å². The Hall–Kier alpha value is -2.10. The van der Waals surface area contributed by atoms with Crippen LogP contribution >= 0.6 is 0 Å². The fourth-order valence-corrected chi connectivity index (χ4v) is 2.70. The van der Waals surface area contributed by atoms with Crippen LogP contribution in [0.2, 0.25) is 0 Å². The van der Waals surface area contributed by atoms with Gasteiger partial charge >= 0.3 is 0 Å². The molecule has 1 aromatic carbocycles. The van der Waals surface area contributed by atoms with Crippen molar-refractivity contribution < 1.29 is 0 Å². The third kappa shape index (κ3) is 2.84. The second-order valence-corrected chi connectivity index (χ2v) is 5.34. The molecule has 0 spiro atoms. The minimum Gasteiger partial charge on any atom is -0.370 e. The van der Waals surface area contributed by atoms with E-state index < -0.39 is 0 Å². The number of aryl methyl sites for hydroxylation is 1. The summed E-state index contributed by atoms with van der Waals surface area (Å²) in [5, 5.41) is 3.38. The summed E-state index contributed by atoms with van der Waals surface area (Å²) in [6.07, 6.45) is 3.02. The average molecular weight is 282 g/mol. The second-order valence-electron chi connectivity index (χ2n) is 5.34. The third-order valence-corrected chi connectivity index (χ3v) is 3.79. The molecule has 0 saturated carbocycles. The lowest BCUT2D eigenvalue weighted by Gasteiger charge is -2.20. The summed E-state index contributed by atoms with van der Waals surface area (Å²) in [6.45, 7) is 6.19. The molecule has 1 aromatic heterocycles. The van der Waals surface area contributed by atoms with Gasteiger partial charge in [0.2, 0.25) is 0 Å². The topological polar surface area (TPSA) is 41.0 Å². The number of fused-ring (bicyclic) bond motifs is 1. The summed E-state index contributed by atoms with van der Waals surface area (Å²) in [6, 6.07) is 10.6. The molecule has 0 saturated heterocycles. The van der Waals surface area contributed by atoms with Gasteiger partial charge in [-0.15, -0.1) is 0 Å². The highest BCUT2D eigenvalue weighted by atomic mass is 15.2. The van der Waals surface area contributed by atoms with E-state index in [1.165, 1.54) is 11.3 Å². The molecule has 0 atom stereocenters. The Morgan fingerprint density at radius 3 is 2.86 bits per heavy atom. The number of nitrogens with zero attached hydrogens (tertiary/aromatic N) is 3. The number of nitrogens with one attached hydrogen (secondary N) is 1. The maximum Gasteiger partial charge on any atom is 0.138 e. The van der Waals surface area contributed by atoms with Gasteiger partial charge in [0.05, 0.1) is 0 Å². The predicted molar refractivity (Wildman–Crippen MR) is 87.3 cm³/mol. The molecule has 110 valence electrons. The van der Waals surface area contributed by atoms with E-state index in [0.717, 1.165) is 49.8 Å². The van der Waals surface area contributed by atoms with Gasteiger partial charge in [0, 0.05) is 31.3 Å². The summed E-state index contributed by atoms with van der Waals surface area (Å²) >= 11 is 0. The van der Waals surface area contributed by atoms with E-state index in [2.05, 4.69) is 59.4 Å². The van der Waals surface area contributed by atoms with E-state index >= 15 is 0 Å². The van der Waals surface area contributed by atoms with Crippen LogP contribution in [0.1, 0.15) is 31.7 Å². The summed E-state index contributed by atoms with van der Waals surface area (Å²) in [5.41, 5.74) is 2.68. The zero-order valence-corrected chi connectivity index (χ0v) is 12.8. The molecule has 1 aliphatic heterocycles. The van der Waals surface area contributed by atoms with E-state index in [4.69, 9.17) is 4.98 Å². The fourth-order valence-electron chi connectivity index (χ4n) is 2.70. The van der Waals surface area contributed by atoms with Crippen molar-refractivity contribution in [2.45, 2.75) is 33.1 Å². The smallest absolute Gasteiger partial charge is 0.138 e. The lowest BCUT2D eigenvalue weighted by Crippen LogP contribution is -2.17. The van der Waals surface area contributed by atoms with Gasteiger partial charge in [-0.1, -0.05) is 32.0 Å². The summed E-state index contributed by atoms with van der Waals surface area (Å²) in [5.74, 6) is 2.84. The minimum absolute atomic E-state index is 0.851. The van der Waals surface area contributed by atoms with Crippen LogP contribution in [-0.2, 0) is 12.8 Å². The van der Waals surface area contributed by atoms with Crippen molar-refractivity contribution in [1.82, 2.24) is 9.97 Å². The van der Waals surface area contributed by atoms with Crippen LogP contribution in [-0.4, -0.2) is 23.1 Å². The Kier molecular flexibility index (Phi) is 4.04. The van der Waals surface area contributed by atoms with Gasteiger partial charge in [-0.2, -0.15) is 0 Å². The van der Waals surface area contributed by atoms with Crippen LogP contribution in [0.15, 0.2) is 30.3 Å². The number of para-hydroxylation sites is 1. The van der Waals surface area contributed by atoms with Gasteiger partial charge in [0.25, 0.3) is 0 Å². The molecule has 4 nitrogen and oxygen atoms in total. The van der Waals surface area contributed by atoms with Gasteiger partial charge in [-0.25, -0.2) is 9.97 Å². The molecule has 1 N–H and O–H groups in total. The highest BCUT2D eigenvalue weighted by Gasteiger charge is 2.21. The number of hydrogen-bond acceptors (Lipinski definition) is 4. The molecule has 2 heterocycles. The molecule has 0 bridgehead atoms. The van der Waals surface area contributed by atoms with Crippen LogP contribution < -0.4 is 10.2 Å². The lowest BCUT2D eigenvalue weighted by atomic mass is 10.2. The molecule has 2 aromatic rings. The van der Waals surface area contributed by atoms with Crippen LogP contribution in [0.5, 0.6) is 0 Å². The summed E-state index contributed by atoms with van der Waals surface area (Å²) in [4.78, 5) is 11.6. The molecule has 0 aliphatic carbocycles. The first-order valence-corrected chi connectivity index (χ1v) is 7.79. The zero-order chi connectivity index (χ0) is 14.7. The Labute approximate surface area is 126 Å². The quantitative estimate of drug-likeness (QED) is 0.910. The fraction of sp³-hybridized carbons (Fsp3) is 0.412. The average Bonchev–Trinajstić information content (AvgIpc) is 2.96. The van der Waals surface area contributed by atoms with Gasteiger partial charge in [0.1, 0.15) is 17.5 Å². The first kappa shape index (κ1) is 13.9. The SMILES string of the molecule is CCCNc1cc(N2CCc3ccccc32)nc(CC)n1. The van der Waals surface area contributed by atoms with Crippen molar-refractivity contribution in [1.29, 1.82) is 0 Å². The van der Waals surface area contributed by atoms with Crippen molar-refractivity contribution in [2.24, 2.45) is 0 Å². The first-order chi connectivity index (χ1) is 10.3. The van der Waals surface area contributed by atoms with Gasteiger partial charge in [0.15, 0.2) is 0 Å². The van der Waals surface area contributed by atoms with Crippen molar-refractivity contribution in [3.63, 3.8) is 0 Å². The summed E-state index contributed by atoms with van der Waals surface area (Å²) < 4.78 is 0. The highest BCUT2D eigenvalue weighted by Crippen LogP contribution is 2.33. The predicted octanol–water partition coefficient (Wildman–Crippen LogP) is 3.56. The normalized spacial score (nSPS) is 13.3. The molecule has 21 heavy (non-hydrogen) atoms. The maximum absolute atomic E-state index is 4.72.